The van der Waals surface area contributed by atoms with Crippen LogP contribution in [-0.2, 0) is 9.47 Å². The van der Waals surface area contributed by atoms with E-state index in [1.54, 1.807) is 18.2 Å². The summed E-state index contributed by atoms with van der Waals surface area (Å²) >= 11 is 6.43. The number of hydrogen-bond acceptors (Lipinski definition) is 6. The summed E-state index contributed by atoms with van der Waals surface area (Å²) in [7, 11) is 0. The number of imidazole rings is 1. The number of nitrogens with zero attached hydrogens (tertiary/aromatic N) is 3. The van der Waals surface area contributed by atoms with E-state index >= 15 is 0 Å². The van der Waals surface area contributed by atoms with Gasteiger partial charge in [-0.2, -0.15) is 9.37 Å². The van der Waals surface area contributed by atoms with E-state index < -0.39 is 5.95 Å². The number of aromatic nitrogens is 4. The molecule has 1 aromatic carbocycles. The molecule has 0 amide bonds. The van der Waals surface area contributed by atoms with Gasteiger partial charge in [-0.25, -0.2) is 9.97 Å². The van der Waals surface area contributed by atoms with E-state index in [0.717, 1.165) is 12.0 Å². The van der Waals surface area contributed by atoms with Gasteiger partial charge in [0.1, 0.15) is 6.10 Å². The van der Waals surface area contributed by atoms with E-state index in [1.165, 1.54) is 0 Å². The summed E-state index contributed by atoms with van der Waals surface area (Å²) in [4.78, 5) is 16.0. The zero-order valence-electron chi connectivity index (χ0n) is 16.8. The van der Waals surface area contributed by atoms with Gasteiger partial charge in [0, 0.05) is 12.2 Å². The zero-order chi connectivity index (χ0) is 21.7. The fraction of sp³-hybridized carbons (Fsp3) is 0.261. The molecule has 0 aliphatic carbocycles. The fourth-order valence-corrected chi connectivity index (χ4v) is 4.45. The Morgan fingerprint density at radius 2 is 1.94 bits per heavy atom. The number of halogens is 2. The van der Waals surface area contributed by atoms with Gasteiger partial charge in [-0.15, -0.1) is 0 Å². The van der Waals surface area contributed by atoms with Crippen LogP contribution in [0.3, 0.4) is 0 Å². The van der Waals surface area contributed by atoms with Crippen LogP contribution in [0.4, 0.5) is 4.39 Å². The van der Waals surface area contributed by atoms with Crippen molar-refractivity contribution in [2.75, 3.05) is 13.2 Å². The Hall–Kier alpha value is -3.07. The third-order valence-electron chi connectivity index (χ3n) is 5.76. The molecule has 2 aliphatic heterocycles. The summed E-state index contributed by atoms with van der Waals surface area (Å²) in [5.74, 6) is -0.653. The molecule has 0 saturated carbocycles. The first-order valence-electron chi connectivity index (χ1n) is 10.3. The van der Waals surface area contributed by atoms with Crippen LogP contribution in [0.5, 0.6) is 6.01 Å². The molecule has 32 heavy (non-hydrogen) atoms. The Kier molecular flexibility index (Phi) is 4.78. The lowest BCUT2D eigenvalue weighted by Crippen LogP contribution is -2.32. The van der Waals surface area contributed by atoms with Gasteiger partial charge in [0.25, 0.3) is 6.01 Å². The molecule has 3 aromatic heterocycles. The summed E-state index contributed by atoms with van der Waals surface area (Å²) in [5.41, 5.74) is 2.79. The van der Waals surface area contributed by atoms with Gasteiger partial charge in [0.2, 0.25) is 5.95 Å². The van der Waals surface area contributed by atoms with Crippen LogP contribution in [-0.4, -0.2) is 51.5 Å². The van der Waals surface area contributed by atoms with Crippen LogP contribution in [0.2, 0.25) is 5.02 Å². The Labute approximate surface area is 187 Å². The van der Waals surface area contributed by atoms with E-state index in [-0.39, 0.29) is 34.6 Å². The molecule has 5 heterocycles. The zero-order valence-corrected chi connectivity index (χ0v) is 17.6. The molecule has 3 atom stereocenters. The predicted octanol–water partition coefficient (Wildman–Crippen LogP) is 4.41. The quantitative estimate of drug-likeness (QED) is 0.462. The van der Waals surface area contributed by atoms with Gasteiger partial charge in [0.15, 0.2) is 11.8 Å². The maximum Gasteiger partial charge on any atom is 0.296 e. The number of H-pyrrole nitrogens is 1. The lowest BCUT2D eigenvalue weighted by molar-refractivity contribution is 0.0273. The maximum absolute atomic E-state index is 14.9. The standard InChI is InChI=1S/C23H18ClFN4O3/c24-14-10-16-22(29-23(27-16)32-18-11-31-17-8-9-30-20(17)18)28-19(14)13-6-7-15(26-21(13)25)12-4-2-1-3-5-12/h1-7,10,17-18,20H,8-9,11H2,(H,27,28,29)/t17-,18-,20+/m1/s1. The molecule has 1 N–H and O–H groups in total. The molecular weight excluding hydrogens is 435 g/mol. The number of ether oxygens (including phenoxy) is 3. The van der Waals surface area contributed by atoms with Crippen LogP contribution in [0, 0.1) is 5.95 Å². The average molecular weight is 453 g/mol. The van der Waals surface area contributed by atoms with Crippen molar-refractivity contribution in [1.82, 2.24) is 19.9 Å². The Balaban J connectivity index is 1.31. The summed E-state index contributed by atoms with van der Waals surface area (Å²) in [6, 6.07) is 14.7. The van der Waals surface area contributed by atoms with Crippen molar-refractivity contribution in [3.8, 4) is 28.5 Å². The highest BCUT2D eigenvalue weighted by Gasteiger charge is 2.43. The minimum Gasteiger partial charge on any atom is -0.456 e. The molecule has 0 spiro atoms. The van der Waals surface area contributed by atoms with Gasteiger partial charge >= 0.3 is 0 Å². The van der Waals surface area contributed by atoms with E-state index in [9.17, 15) is 4.39 Å². The van der Waals surface area contributed by atoms with E-state index in [1.807, 2.05) is 30.3 Å². The number of aromatic amines is 1. The monoisotopic (exact) mass is 452 g/mol. The van der Waals surface area contributed by atoms with E-state index in [4.69, 9.17) is 25.8 Å². The Bertz CT molecular complexity index is 1300. The van der Waals surface area contributed by atoms with E-state index in [0.29, 0.717) is 36.1 Å². The number of fused-ring (bicyclic) bond motifs is 2. The van der Waals surface area contributed by atoms with Crippen LogP contribution in [0.25, 0.3) is 33.7 Å². The van der Waals surface area contributed by atoms with Crippen molar-refractivity contribution in [2.45, 2.75) is 24.7 Å². The lowest BCUT2D eigenvalue weighted by atomic mass is 10.1. The van der Waals surface area contributed by atoms with Crippen molar-refractivity contribution in [3.63, 3.8) is 0 Å². The molecule has 2 aliphatic rings. The highest BCUT2D eigenvalue weighted by molar-refractivity contribution is 6.33. The van der Waals surface area contributed by atoms with Crippen molar-refractivity contribution >= 4 is 22.8 Å². The molecule has 0 radical (unpaired) electrons. The molecule has 9 heteroatoms. The minimum absolute atomic E-state index is 0.0675. The highest BCUT2D eigenvalue weighted by Crippen LogP contribution is 2.33. The molecule has 0 unspecified atom stereocenters. The van der Waals surface area contributed by atoms with Crippen LogP contribution in [0.15, 0.2) is 48.5 Å². The number of nitrogens with one attached hydrogen (secondary N) is 1. The summed E-state index contributed by atoms with van der Waals surface area (Å²) < 4.78 is 32.3. The van der Waals surface area contributed by atoms with Crippen molar-refractivity contribution in [2.24, 2.45) is 0 Å². The molecule has 7 nitrogen and oxygen atoms in total. The predicted molar refractivity (Wildman–Crippen MR) is 116 cm³/mol. The largest absolute Gasteiger partial charge is 0.456 e. The first-order valence-corrected chi connectivity index (χ1v) is 10.7. The maximum atomic E-state index is 14.9. The topological polar surface area (TPSA) is 82.2 Å². The summed E-state index contributed by atoms with van der Waals surface area (Å²) in [6.45, 7) is 1.11. The number of pyridine rings is 2. The van der Waals surface area contributed by atoms with Gasteiger partial charge in [-0.3, -0.25) is 0 Å². The number of benzene rings is 1. The lowest BCUT2D eigenvalue weighted by Gasteiger charge is -2.15. The Morgan fingerprint density at radius 1 is 1.06 bits per heavy atom. The SMILES string of the molecule is Fc1nc(-c2ccccc2)ccc1-c1nc2nc(O[C@@H]3CO[C@@H]4CCO[C@@H]43)[nH]c2cc1Cl. The molecule has 2 fully saturated rings. The third-order valence-corrected chi connectivity index (χ3v) is 6.05. The van der Waals surface area contributed by atoms with Crippen LogP contribution in [0.1, 0.15) is 6.42 Å². The third kappa shape index (κ3) is 3.40. The first-order chi connectivity index (χ1) is 15.7. The second kappa shape index (κ2) is 7.81. The Morgan fingerprint density at radius 3 is 2.78 bits per heavy atom. The summed E-state index contributed by atoms with van der Waals surface area (Å²) in [6.07, 6.45) is 0.593. The molecule has 4 aromatic rings. The van der Waals surface area contributed by atoms with Gasteiger partial charge < -0.3 is 19.2 Å². The van der Waals surface area contributed by atoms with Crippen LogP contribution < -0.4 is 4.74 Å². The van der Waals surface area contributed by atoms with Gasteiger partial charge in [0.05, 0.1) is 40.2 Å². The molecule has 162 valence electrons. The van der Waals surface area contributed by atoms with Crippen LogP contribution >= 0.6 is 11.6 Å². The minimum atomic E-state index is -0.653. The van der Waals surface area contributed by atoms with Gasteiger partial charge in [-0.05, 0) is 24.6 Å². The van der Waals surface area contributed by atoms with Crippen molar-refractivity contribution in [1.29, 1.82) is 0 Å². The normalized spacial score (nSPS) is 22.4. The fourth-order valence-electron chi connectivity index (χ4n) is 4.20. The van der Waals surface area contributed by atoms with Crippen molar-refractivity contribution < 1.29 is 18.6 Å². The van der Waals surface area contributed by atoms with Gasteiger partial charge in [-0.1, -0.05) is 41.9 Å². The second-order valence-electron chi connectivity index (χ2n) is 7.78. The molecular formula is C23H18ClFN4O3. The average Bonchev–Trinajstić information content (AvgIpc) is 3.51. The molecule has 2 saturated heterocycles. The summed E-state index contributed by atoms with van der Waals surface area (Å²) in [5, 5.41) is 0.282. The first kappa shape index (κ1) is 19.6. The smallest absolute Gasteiger partial charge is 0.296 e. The second-order valence-corrected chi connectivity index (χ2v) is 8.19. The number of hydrogen-bond donors (Lipinski definition) is 1. The molecule has 6 rings (SSSR count). The number of rotatable bonds is 4. The molecule has 0 bridgehead atoms. The highest BCUT2D eigenvalue weighted by atomic mass is 35.5. The van der Waals surface area contributed by atoms with Crippen molar-refractivity contribution in [3.05, 3.63) is 59.5 Å². The van der Waals surface area contributed by atoms with E-state index in [2.05, 4.69) is 19.9 Å².